The zero-order chi connectivity index (χ0) is 67.0. The van der Waals surface area contributed by atoms with Gasteiger partial charge >= 0.3 is 39.5 Å². The molecule has 19 heteroatoms. The Labute approximate surface area is 554 Å². The first kappa shape index (κ1) is 88.5. The molecule has 5 atom stereocenters. The molecule has 0 spiro atoms. The van der Waals surface area contributed by atoms with Gasteiger partial charge in [0, 0.05) is 25.7 Å². The van der Waals surface area contributed by atoms with Crippen molar-refractivity contribution in [1.82, 2.24) is 0 Å². The molecule has 91 heavy (non-hydrogen) atoms. The summed E-state index contributed by atoms with van der Waals surface area (Å²) < 4.78 is 68.2. The standard InChI is InChI=1S/C72H136O17P2/c1-6-9-12-15-18-21-23-25-27-28-29-31-33-35-38-41-47-52-57-71(76)88-67(61-83-70(75)56-51-46-40-37-34-32-30-26-24-22-19-16-13-10-7-2)63-86-90(78,79)84-59-66(73)60-85-91(80,81)87-64-68(89-72(77)58-53-48-43-42-44-49-54-65(4)5)62-82-69(74)55-50-45-39-36-20-17-14-11-8-3/h22,24,26,30,65-68,73H,6-21,23,25,27-29,31-64H2,1-5H3,(H,78,79)(H,80,81)/b24-22-,30-26-/t66-,67-,68-/m1/s1. The van der Waals surface area contributed by atoms with Gasteiger partial charge in [-0.05, 0) is 57.3 Å². The zero-order valence-electron chi connectivity index (χ0n) is 58.5. The Morgan fingerprint density at radius 2 is 0.593 bits per heavy atom. The lowest BCUT2D eigenvalue weighted by Crippen LogP contribution is -2.30. The summed E-state index contributed by atoms with van der Waals surface area (Å²) in [5, 5.41) is 10.6. The van der Waals surface area contributed by atoms with Gasteiger partial charge < -0.3 is 33.8 Å². The van der Waals surface area contributed by atoms with Crippen molar-refractivity contribution in [1.29, 1.82) is 0 Å². The van der Waals surface area contributed by atoms with E-state index in [1.807, 2.05) is 0 Å². The van der Waals surface area contributed by atoms with Crippen molar-refractivity contribution in [3.63, 3.8) is 0 Å². The number of ether oxygens (including phenoxy) is 4. The number of hydrogen-bond donors (Lipinski definition) is 3. The van der Waals surface area contributed by atoms with E-state index in [0.29, 0.717) is 31.6 Å². The highest BCUT2D eigenvalue weighted by atomic mass is 31.2. The van der Waals surface area contributed by atoms with Gasteiger partial charge in [-0.2, -0.15) is 0 Å². The van der Waals surface area contributed by atoms with Crippen molar-refractivity contribution < 1.29 is 80.2 Å². The second kappa shape index (κ2) is 64.9. The molecule has 0 aromatic carbocycles. The van der Waals surface area contributed by atoms with E-state index < -0.39 is 97.5 Å². The van der Waals surface area contributed by atoms with Crippen molar-refractivity contribution in [2.45, 2.75) is 368 Å². The van der Waals surface area contributed by atoms with Crippen LogP contribution in [0.3, 0.4) is 0 Å². The van der Waals surface area contributed by atoms with E-state index >= 15 is 0 Å². The highest BCUT2D eigenvalue weighted by molar-refractivity contribution is 7.47. The van der Waals surface area contributed by atoms with Crippen molar-refractivity contribution in [3.05, 3.63) is 24.3 Å². The number of unbranched alkanes of at least 4 members (excludes halogenated alkanes) is 39. The van der Waals surface area contributed by atoms with Crippen molar-refractivity contribution in [3.8, 4) is 0 Å². The maximum atomic E-state index is 13.0. The summed E-state index contributed by atoms with van der Waals surface area (Å²) in [5.74, 6) is -1.49. The summed E-state index contributed by atoms with van der Waals surface area (Å²) in [6.07, 6.45) is 55.2. The first-order valence-corrected chi connectivity index (χ1v) is 39.9. The molecule has 2 unspecified atom stereocenters. The van der Waals surface area contributed by atoms with Crippen LogP contribution in [0.1, 0.15) is 349 Å². The number of phosphoric acid groups is 2. The van der Waals surface area contributed by atoms with Crippen LogP contribution < -0.4 is 0 Å². The molecular formula is C72H136O17P2. The predicted molar refractivity (Wildman–Crippen MR) is 368 cm³/mol. The van der Waals surface area contributed by atoms with Crippen LogP contribution in [-0.2, 0) is 65.4 Å². The quantitative estimate of drug-likeness (QED) is 0.0169. The third kappa shape index (κ3) is 66.0. The Balaban J connectivity index is 5.24. The number of hydrogen-bond acceptors (Lipinski definition) is 15. The number of esters is 4. The van der Waals surface area contributed by atoms with Crippen LogP contribution >= 0.6 is 15.6 Å². The number of carbonyl (C=O) groups is 4. The molecule has 536 valence electrons. The number of phosphoric ester groups is 2. The molecule has 0 fully saturated rings. The minimum absolute atomic E-state index is 0.100. The van der Waals surface area contributed by atoms with E-state index in [2.05, 4.69) is 58.9 Å². The second-order valence-corrected chi connectivity index (χ2v) is 28.7. The Kier molecular flexibility index (Phi) is 63.1. The molecule has 3 N–H and O–H groups in total. The van der Waals surface area contributed by atoms with Gasteiger partial charge in [-0.1, -0.05) is 296 Å². The normalized spacial score (nSPS) is 14.2. The smallest absolute Gasteiger partial charge is 0.462 e. The molecule has 0 radical (unpaired) electrons. The van der Waals surface area contributed by atoms with E-state index in [1.54, 1.807) is 0 Å². The Hall–Kier alpha value is -2.46. The highest BCUT2D eigenvalue weighted by Crippen LogP contribution is 2.45. The van der Waals surface area contributed by atoms with Gasteiger partial charge in [0.2, 0.25) is 0 Å². The molecule has 0 bridgehead atoms. The minimum atomic E-state index is -4.96. The van der Waals surface area contributed by atoms with E-state index in [1.165, 1.54) is 154 Å². The van der Waals surface area contributed by atoms with Crippen LogP contribution in [0.15, 0.2) is 24.3 Å². The molecule has 0 heterocycles. The van der Waals surface area contributed by atoms with Crippen molar-refractivity contribution in [2.75, 3.05) is 39.6 Å². The van der Waals surface area contributed by atoms with Gasteiger partial charge in [-0.25, -0.2) is 9.13 Å². The van der Waals surface area contributed by atoms with Crippen LogP contribution in [-0.4, -0.2) is 96.7 Å². The molecule has 0 amide bonds. The van der Waals surface area contributed by atoms with Crippen LogP contribution in [0.2, 0.25) is 0 Å². The summed E-state index contributed by atoms with van der Waals surface area (Å²) in [6, 6.07) is 0. The van der Waals surface area contributed by atoms with Crippen LogP contribution in [0.25, 0.3) is 0 Å². The largest absolute Gasteiger partial charge is 0.472 e. The van der Waals surface area contributed by atoms with E-state index in [-0.39, 0.29) is 25.7 Å². The van der Waals surface area contributed by atoms with Crippen molar-refractivity contribution >= 4 is 39.5 Å². The predicted octanol–water partition coefficient (Wildman–Crippen LogP) is 20.5. The number of aliphatic hydroxyl groups excluding tert-OH is 1. The Morgan fingerprint density at radius 1 is 0.341 bits per heavy atom. The minimum Gasteiger partial charge on any atom is -0.462 e. The van der Waals surface area contributed by atoms with Crippen LogP contribution in [0.4, 0.5) is 0 Å². The fourth-order valence-electron chi connectivity index (χ4n) is 10.5. The summed E-state index contributed by atoms with van der Waals surface area (Å²) >= 11 is 0. The Morgan fingerprint density at radius 3 is 0.901 bits per heavy atom. The average molecular weight is 1340 g/mol. The van der Waals surface area contributed by atoms with E-state index in [0.717, 1.165) is 109 Å². The highest BCUT2D eigenvalue weighted by Gasteiger charge is 2.30. The number of rotatable bonds is 70. The third-order valence-electron chi connectivity index (χ3n) is 16.2. The van der Waals surface area contributed by atoms with E-state index in [9.17, 15) is 43.2 Å². The van der Waals surface area contributed by atoms with Gasteiger partial charge in [-0.15, -0.1) is 0 Å². The molecule has 0 aliphatic carbocycles. The SMILES string of the molecule is CCCCCC/C=C\C=C/CCCCCCCC(=O)OC[C@H](COP(=O)(O)OC[C@@H](O)COP(=O)(O)OC[C@@H](COC(=O)CCCCCCCCCCC)OC(=O)CCCCCCCCC(C)C)OC(=O)CCCCCCCCCCCCCCCCCCCC. The average Bonchev–Trinajstić information content (AvgIpc) is 3.30. The van der Waals surface area contributed by atoms with Crippen LogP contribution in [0.5, 0.6) is 0 Å². The van der Waals surface area contributed by atoms with E-state index in [4.69, 9.17) is 37.0 Å². The fraction of sp³-hybridized carbons (Fsp3) is 0.889. The monoisotopic (exact) mass is 1330 g/mol. The maximum absolute atomic E-state index is 13.0. The summed E-state index contributed by atoms with van der Waals surface area (Å²) in [7, 11) is -9.91. The maximum Gasteiger partial charge on any atom is 0.472 e. The van der Waals surface area contributed by atoms with Gasteiger partial charge in [0.1, 0.15) is 19.3 Å². The second-order valence-electron chi connectivity index (χ2n) is 25.8. The first-order valence-electron chi connectivity index (χ1n) is 37.0. The third-order valence-corrected chi connectivity index (χ3v) is 18.1. The van der Waals surface area contributed by atoms with Gasteiger partial charge in [0.15, 0.2) is 12.2 Å². The van der Waals surface area contributed by atoms with Gasteiger partial charge in [0.25, 0.3) is 0 Å². The van der Waals surface area contributed by atoms with Crippen LogP contribution in [0, 0.1) is 5.92 Å². The molecule has 0 rings (SSSR count). The summed E-state index contributed by atoms with van der Waals surface area (Å²) in [5.41, 5.74) is 0. The van der Waals surface area contributed by atoms with Gasteiger partial charge in [-0.3, -0.25) is 37.3 Å². The number of carbonyl (C=O) groups excluding carboxylic acids is 4. The lowest BCUT2D eigenvalue weighted by molar-refractivity contribution is -0.161. The first-order chi connectivity index (χ1) is 44.0. The topological polar surface area (TPSA) is 237 Å². The Bertz CT molecular complexity index is 1850. The zero-order valence-corrected chi connectivity index (χ0v) is 60.3. The molecule has 0 aromatic rings. The van der Waals surface area contributed by atoms with Gasteiger partial charge in [0.05, 0.1) is 26.4 Å². The molecular weight excluding hydrogens is 1200 g/mol. The lowest BCUT2D eigenvalue weighted by atomic mass is 10.0. The molecule has 0 aliphatic rings. The van der Waals surface area contributed by atoms with Crippen molar-refractivity contribution in [2.24, 2.45) is 5.92 Å². The summed E-state index contributed by atoms with van der Waals surface area (Å²) in [4.78, 5) is 72.5. The molecule has 17 nitrogen and oxygen atoms in total. The lowest BCUT2D eigenvalue weighted by Gasteiger charge is -2.21. The fourth-order valence-corrected chi connectivity index (χ4v) is 12.0. The molecule has 0 aromatic heterocycles. The molecule has 0 aliphatic heterocycles. The number of allylic oxidation sites excluding steroid dienone is 4. The molecule has 0 saturated heterocycles. The number of aliphatic hydroxyl groups is 1. The molecule has 0 saturated carbocycles. The summed E-state index contributed by atoms with van der Waals surface area (Å²) in [6.45, 7) is 7.08.